The fraction of sp³-hybridized carbons (Fsp3) is 0.875. The van der Waals surface area contributed by atoms with Crippen molar-refractivity contribution in [2.24, 2.45) is 0 Å². The Morgan fingerprint density at radius 1 is 1.73 bits per heavy atom. The van der Waals surface area contributed by atoms with Crippen molar-refractivity contribution in [3.63, 3.8) is 0 Å². The molecule has 1 heterocycles. The lowest BCUT2D eigenvalue weighted by atomic mass is 9.84. The number of rotatable bonds is 1. The Hall–Kier alpha value is -0.465. The molecule has 1 fully saturated rings. The lowest BCUT2D eigenvalue weighted by Crippen LogP contribution is -2.31. The summed E-state index contributed by atoms with van der Waals surface area (Å²) in [5.74, 6) is 1.04. The Morgan fingerprint density at radius 2 is 2.45 bits per heavy atom. The van der Waals surface area contributed by atoms with Crippen LogP contribution in [0.5, 0.6) is 0 Å². The molecule has 1 atom stereocenters. The van der Waals surface area contributed by atoms with Crippen molar-refractivity contribution in [3.05, 3.63) is 0 Å². The van der Waals surface area contributed by atoms with Gasteiger partial charge in [0.1, 0.15) is 7.85 Å². The van der Waals surface area contributed by atoms with E-state index in [0.717, 1.165) is 25.9 Å². The van der Waals surface area contributed by atoms with E-state index < -0.39 is 0 Å². The molecule has 1 aliphatic heterocycles. The zero-order valence-corrected chi connectivity index (χ0v) is 7.47. The molecule has 3 heteroatoms. The normalized spacial score (nSPS) is 26.8. The maximum atomic E-state index is 11.3. The second-order valence-electron chi connectivity index (χ2n) is 3.43. The molecule has 11 heavy (non-hydrogen) atoms. The summed E-state index contributed by atoms with van der Waals surface area (Å²) in [4.78, 5) is 13.3. The maximum absolute atomic E-state index is 11.3. The van der Waals surface area contributed by atoms with Crippen molar-refractivity contribution in [2.75, 3.05) is 13.1 Å². The summed E-state index contributed by atoms with van der Waals surface area (Å²) in [5.41, 5.74) is 0. The van der Waals surface area contributed by atoms with E-state index in [9.17, 15) is 4.79 Å². The van der Waals surface area contributed by atoms with Crippen LogP contribution in [0.25, 0.3) is 0 Å². The largest absolute Gasteiger partial charge is 0.343 e. The Bertz CT molecular complexity index is 149. The van der Waals surface area contributed by atoms with Crippen LogP contribution in [0, 0.1) is 0 Å². The molecule has 1 unspecified atom stereocenters. The first-order valence-electron chi connectivity index (χ1n) is 4.51. The number of hydrogen-bond acceptors (Lipinski definition) is 1. The van der Waals surface area contributed by atoms with Crippen LogP contribution in [-0.2, 0) is 4.79 Å². The molecular formula is C8H16BNO. The lowest BCUT2D eigenvalue weighted by Gasteiger charge is -2.20. The quantitative estimate of drug-likeness (QED) is 0.500. The van der Waals surface area contributed by atoms with E-state index in [-0.39, 0.29) is 0 Å². The van der Waals surface area contributed by atoms with Crippen LogP contribution in [0.4, 0.5) is 0 Å². The van der Waals surface area contributed by atoms with Gasteiger partial charge in [-0.25, -0.2) is 0 Å². The molecule has 0 aromatic carbocycles. The minimum Gasteiger partial charge on any atom is -0.343 e. The molecule has 0 bridgehead atoms. The Balaban J connectivity index is 2.52. The average molecular weight is 153 g/mol. The number of carbonyl (C=O) groups excluding carboxylic acids is 1. The molecule has 0 aromatic rings. The molecule has 1 amide bonds. The fourth-order valence-electron chi connectivity index (χ4n) is 1.63. The van der Waals surface area contributed by atoms with Gasteiger partial charge in [-0.2, -0.15) is 0 Å². The van der Waals surface area contributed by atoms with E-state index in [0.29, 0.717) is 11.7 Å². The van der Waals surface area contributed by atoms with Gasteiger partial charge in [0.25, 0.3) is 0 Å². The smallest absolute Gasteiger partial charge is 0.222 e. The summed E-state index contributed by atoms with van der Waals surface area (Å²) in [7, 11) is 2.22. The predicted molar refractivity (Wildman–Crippen MR) is 48.4 cm³/mol. The minimum absolute atomic E-state index is 0.344. The van der Waals surface area contributed by atoms with Crippen LogP contribution in [0.2, 0.25) is 5.82 Å². The summed E-state index contributed by atoms with van der Waals surface area (Å²) in [5, 5.41) is 0. The fourth-order valence-corrected chi connectivity index (χ4v) is 1.63. The summed E-state index contributed by atoms with van der Waals surface area (Å²) in [6.45, 7) is 3.90. The molecule has 0 spiro atoms. The SMILES string of the molecule is BC1CCCC(=O)N(CC)C1. The number of amides is 1. The van der Waals surface area contributed by atoms with Gasteiger partial charge in [-0.3, -0.25) is 4.79 Å². The highest BCUT2D eigenvalue weighted by Gasteiger charge is 2.18. The standard InChI is InChI=1S/C8H16BNO/c1-2-10-6-7(9)4-3-5-8(10)11/h7H,2-6,9H2,1H3. The Labute approximate surface area is 69.4 Å². The topological polar surface area (TPSA) is 20.3 Å². The van der Waals surface area contributed by atoms with Crippen LogP contribution in [0.15, 0.2) is 0 Å². The molecular weight excluding hydrogens is 137 g/mol. The highest BCUT2D eigenvalue weighted by atomic mass is 16.2. The van der Waals surface area contributed by atoms with Crippen molar-refractivity contribution in [1.82, 2.24) is 4.90 Å². The van der Waals surface area contributed by atoms with Crippen LogP contribution in [-0.4, -0.2) is 31.7 Å². The van der Waals surface area contributed by atoms with Gasteiger partial charge in [-0.1, -0.05) is 12.2 Å². The number of carbonyl (C=O) groups is 1. The highest BCUT2D eigenvalue weighted by Crippen LogP contribution is 2.18. The predicted octanol–water partition coefficient (Wildman–Crippen LogP) is 0.440. The van der Waals surface area contributed by atoms with E-state index in [2.05, 4.69) is 14.8 Å². The monoisotopic (exact) mass is 153 g/mol. The molecule has 1 rings (SSSR count). The van der Waals surface area contributed by atoms with Gasteiger partial charge in [-0.05, 0) is 13.3 Å². The van der Waals surface area contributed by atoms with E-state index >= 15 is 0 Å². The highest BCUT2D eigenvalue weighted by molar-refractivity contribution is 6.12. The van der Waals surface area contributed by atoms with Gasteiger partial charge < -0.3 is 4.90 Å². The third-order valence-electron chi connectivity index (χ3n) is 2.35. The van der Waals surface area contributed by atoms with E-state index in [1.807, 2.05) is 4.90 Å². The number of nitrogens with zero attached hydrogens (tertiary/aromatic N) is 1. The molecule has 62 valence electrons. The van der Waals surface area contributed by atoms with E-state index in [1.165, 1.54) is 6.42 Å². The minimum atomic E-state index is 0.344. The first kappa shape index (κ1) is 8.63. The summed E-state index contributed by atoms with van der Waals surface area (Å²) in [6, 6.07) is 0. The third kappa shape index (κ3) is 2.24. The lowest BCUT2D eigenvalue weighted by molar-refractivity contribution is -0.130. The van der Waals surface area contributed by atoms with Crippen molar-refractivity contribution in [3.8, 4) is 0 Å². The maximum Gasteiger partial charge on any atom is 0.222 e. The molecule has 2 nitrogen and oxygen atoms in total. The molecule has 0 radical (unpaired) electrons. The summed E-state index contributed by atoms with van der Waals surface area (Å²) in [6.07, 6.45) is 3.05. The summed E-state index contributed by atoms with van der Waals surface area (Å²) < 4.78 is 0. The van der Waals surface area contributed by atoms with E-state index in [4.69, 9.17) is 0 Å². The molecule has 0 saturated carbocycles. The number of hydrogen-bond donors (Lipinski definition) is 0. The molecule has 0 aliphatic carbocycles. The van der Waals surface area contributed by atoms with Gasteiger partial charge in [0, 0.05) is 19.5 Å². The first-order valence-corrected chi connectivity index (χ1v) is 4.51. The Kier molecular flexibility index (Phi) is 2.97. The van der Waals surface area contributed by atoms with Gasteiger partial charge >= 0.3 is 0 Å². The first-order chi connectivity index (χ1) is 5.24. The van der Waals surface area contributed by atoms with Crippen molar-refractivity contribution >= 4 is 13.8 Å². The molecule has 1 aliphatic rings. The number of likely N-dealkylation sites (tertiary alicyclic amines) is 1. The second kappa shape index (κ2) is 3.79. The van der Waals surface area contributed by atoms with Gasteiger partial charge in [0.2, 0.25) is 5.91 Å². The van der Waals surface area contributed by atoms with Crippen LogP contribution in [0.1, 0.15) is 26.2 Å². The zero-order valence-electron chi connectivity index (χ0n) is 7.47. The van der Waals surface area contributed by atoms with Crippen LogP contribution < -0.4 is 0 Å². The van der Waals surface area contributed by atoms with Crippen molar-refractivity contribution in [2.45, 2.75) is 32.0 Å². The molecule has 0 aromatic heterocycles. The third-order valence-corrected chi connectivity index (χ3v) is 2.35. The second-order valence-corrected chi connectivity index (χ2v) is 3.43. The van der Waals surface area contributed by atoms with Crippen molar-refractivity contribution < 1.29 is 4.79 Å². The average Bonchev–Trinajstić information content (AvgIpc) is 2.13. The summed E-state index contributed by atoms with van der Waals surface area (Å²) >= 11 is 0. The van der Waals surface area contributed by atoms with Crippen LogP contribution in [0.3, 0.4) is 0 Å². The van der Waals surface area contributed by atoms with Gasteiger partial charge in [0.05, 0.1) is 0 Å². The van der Waals surface area contributed by atoms with Gasteiger partial charge in [0.15, 0.2) is 0 Å². The molecule has 0 N–H and O–H groups in total. The Morgan fingerprint density at radius 3 is 3.09 bits per heavy atom. The van der Waals surface area contributed by atoms with Crippen molar-refractivity contribution in [1.29, 1.82) is 0 Å². The zero-order chi connectivity index (χ0) is 8.27. The van der Waals surface area contributed by atoms with Crippen LogP contribution >= 0.6 is 0 Å². The molecule has 1 saturated heterocycles. The van der Waals surface area contributed by atoms with E-state index in [1.54, 1.807) is 0 Å². The van der Waals surface area contributed by atoms with Gasteiger partial charge in [-0.15, -0.1) is 0 Å².